The van der Waals surface area contributed by atoms with Crippen molar-refractivity contribution in [1.82, 2.24) is 10.2 Å². The second kappa shape index (κ2) is 7.86. The Bertz CT molecular complexity index is 827. The van der Waals surface area contributed by atoms with Crippen molar-refractivity contribution >= 4 is 21.8 Å². The van der Waals surface area contributed by atoms with Crippen LogP contribution in [-0.4, -0.2) is 28.6 Å². The molecule has 0 saturated carbocycles. The molecule has 0 unspecified atom stereocenters. The molecule has 0 saturated heterocycles. The number of amides is 1. The van der Waals surface area contributed by atoms with E-state index in [0.717, 1.165) is 16.7 Å². The van der Waals surface area contributed by atoms with E-state index < -0.39 is 12.1 Å². The summed E-state index contributed by atoms with van der Waals surface area (Å²) in [5.41, 5.74) is 3.48. The van der Waals surface area contributed by atoms with Crippen LogP contribution in [0.5, 0.6) is 0 Å². The monoisotopic (exact) mass is 420 g/mol. The molecule has 0 bridgehead atoms. The third kappa shape index (κ3) is 3.82. The Hall–Kier alpha value is -1.76. The third-order valence-electron chi connectivity index (χ3n) is 4.90. The number of aliphatic hydroxyl groups is 1. The average Bonchev–Trinajstić information content (AvgIpc) is 3.07. The Labute approximate surface area is 161 Å². The van der Waals surface area contributed by atoms with E-state index in [9.17, 15) is 14.3 Å². The normalized spacial score (nSPS) is 16.2. The second-order valence-electron chi connectivity index (χ2n) is 6.74. The SMILES string of the molecule is Cc1cccc([C@@H](CO)NC(=O)[C@@H](C)N2Cc3ccc(Br)c(F)c3C2)c1. The number of benzene rings is 2. The van der Waals surface area contributed by atoms with Gasteiger partial charge in [-0.1, -0.05) is 35.9 Å². The van der Waals surface area contributed by atoms with E-state index >= 15 is 0 Å². The van der Waals surface area contributed by atoms with E-state index in [2.05, 4.69) is 21.2 Å². The molecule has 26 heavy (non-hydrogen) atoms. The topological polar surface area (TPSA) is 52.6 Å². The molecule has 4 nitrogen and oxygen atoms in total. The molecule has 6 heteroatoms. The minimum absolute atomic E-state index is 0.177. The molecule has 1 aliphatic rings. The van der Waals surface area contributed by atoms with E-state index in [1.807, 2.05) is 42.2 Å². The van der Waals surface area contributed by atoms with Gasteiger partial charge in [-0.15, -0.1) is 0 Å². The zero-order chi connectivity index (χ0) is 18.8. The van der Waals surface area contributed by atoms with Crippen LogP contribution in [0.15, 0.2) is 40.9 Å². The van der Waals surface area contributed by atoms with Gasteiger partial charge in [0.05, 0.1) is 23.2 Å². The Morgan fingerprint density at radius 1 is 1.35 bits per heavy atom. The first kappa shape index (κ1) is 19.0. The van der Waals surface area contributed by atoms with Crippen LogP contribution in [0, 0.1) is 12.7 Å². The molecular formula is C20H22BrFN2O2. The van der Waals surface area contributed by atoms with Gasteiger partial charge in [0.1, 0.15) is 5.82 Å². The fourth-order valence-electron chi connectivity index (χ4n) is 3.28. The summed E-state index contributed by atoms with van der Waals surface area (Å²) < 4.78 is 14.7. The predicted molar refractivity (Wildman–Crippen MR) is 102 cm³/mol. The summed E-state index contributed by atoms with van der Waals surface area (Å²) in [5.74, 6) is -0.441. The molecule has 2 aromatic carbocycles. The zero-order valence-electron chi connectivity index (χ0n) is 14.8. The highest BCUT2D eigenvalue weighted by Gasteiger charge is 2.30. The van der Waals surface area contributed by atoms with Crippen LogP contribution in [0.25, 0.3) is 0 Å². The van der Waals surface area contributed by atoms with E-state index in [1.165, 1.54) is 0 Å². The first-order valence-electron chi connectivity index (χ1n) is 8.58. The smallest absolute Gasteiger partial charge is 0.237 e. The van der Waals surface area contributed by atoms with Gasteiger partial charge < -0.3 is 10.4 Å². The van der Waals surface area contributed by atoms with Crippen molar-refractivity contribution in [2.45, 2.75) is 39.0 Å². The summed E-state index contributed by atoms with van der Waals surface area (Å²) in [5, 5.41) is 12.6. The van der Waals surface area contributed by atoms with E-state index in [-0.39, 0.29) is 18.3 Å². The number of fused-ring (bicyclic) bond motifs is 1. The number of aliphatic hydroxyl groups excluding tert-OH is 1. The second-order valence-corrected chi connectivity index (χ2v) is 7.59. The van der Waals surface area contributed by atoms with Gasteiger partial charge in [-0.05, 0) is 47.0 Å². The quantitative estimate of drug-likeness (QED) is 0.778. The number of rotatable bonds is 5. The zero-order valence-corrected chi connectivity index (χ0v) is 16.4. The highest BCUT2D eigenvalue weighted by Crippen LogP contribution is 2.31. The number of carbonyl (C=O) groups excluding carboxylic acids is 1. The third-order valence-corrected chi connectivity index (χ3v) is 5.51. The van der Waals surface area contributed by atoms with Crippen LogP contribution in [0.4, 0.5) is 4.39 Å². The van der Waals surface area contributed by atoms with Gasteiger partial charge in [0, 0.05) is 18.7 Å². The van der Waals surface area contributed by atoms with E-state index in [1.54, 1.807) is 13.0 Å². The molecule has 0 aliphatic carbocycles. The van der Waals surface area contributed by atoms with Crippen LogP contribution in [0.2, 0.25) is 0 Å². The molecule has 0 aromatic heterocycles. The lowest BCUT2D eigenvalue weighted by molar-refractivity contribution is -0.127. The first-order valence-corrected chi connectivity index (χ1v) is 9.37. The van der Waals surface area contributed by atoms with Crippen molar-refractivity contribution in [2.75, 3.05) is 6.61 Å². The maximum Gasteiger partial charge on any atom is 0.237 e. The van der Waals surface area contributed by atoms with Gasteiger partial charge in [-0.2, -0.15) is 0 Å². The lowest BCUT2D eigenvalue weighted by Crippen LogP contribution is -2.44. The minimum atomic E-state index is -0.458. The molecule has 2 aromatic rings. The van der Waals surface area contributed by atoms with Crippen LogP contribution < -0.4 is 5.32 Å². The Kier molecular flexibility index (Phi) is 5.75. The lowest BCUT2D eigenvalue weighted by Gasteiger charge is -2.26. The summed E-state index contributed by atoms with van der Waals surface area (Å²) in [6, 6.07) is 10.4. The largest absolute Gasteiger partial charge is 0.394 e. The van der Waals surface area contributed by atoms with Gasteiger partial charge >= 0.3 is 0 Å². The highest BCUT2D eigenvalue weighted by atomic mass is 79.9. The van der Waals surface area contributed by atoms with E-state index in [4.69, 9.17) is 0 Å². The van der Waals surface area contributed by atoms with Crippen LogP contribution in [0.1, 0.15) is 35.2 Å². The molecule has 1 amide bonds. The highest BCUT2D eigenvalue weighted by molar-refractivity contribution is 9.10. The molecule has 1 heterocycles. The Balaban J connectivity index is 1.69. The van der Waals surface area contributed by atoms with Gasteiger partial charge in [0.15, 0.2) is 0 Å². The van der Waals surface area contributed by atoms with Crippen molar-refractivity contribution in [3.8, 4) is 0 Å². The predicted octanol–water partition coefficient (Wildman–Crippen LogP) is 3.45. The van der Waals surface area contributed by atoms with Crippen LogP contribution >= 0.6 is 15.9 Å². The van der Waals surface area contributed by atoms with Gasteiger partial charge in [-0.3, -0.25) is 9.69 Å². The molecule has 138 valence electrons. The maximum absolute atomic E-state index is 14.3. The number of carbonyl (C=O) groups is 1. The minimum Gasteiger partial charge on any atom is -0.394 e. The Morgan fingerprint density at radius 3 is 2.81 bits per heavy atom. The number of halogens is 2. The van der Waals surface area contributed by atoms with E-state index in [0.29, 0.717) is 23.1 Å². The number of nitrogens with zero attached hydrogens (tertiary/aromatic N) is 1. The van der Waals surface area contributed by atoms with Crippen molar-refractivity contribution in [1.29, 1.82) is 0 Å². The summed E-state index contributed by atoms with van der Waals surface area (Å²) in [6.07, 6.45) is 0. The van der Waals surface area contributed by atoms with Gasteiger partial charge in [-0.25, -0.2) is 4.39 Å². The average molecular weight is 421 g/mol. The summed E-state index contributed by atoms with van der Waals surface area (Å²) >= 11 is 3.21. The Morgan fingerprint density at radius 2 is 2.12 bits per heavy atom. The number of aryl methyl sites for hydroxylation is 1. The molecular weight excluding hydrogens is 399 g/mol. The molecule has 2 atom stereocenters. The fourth-order valence-corrected chi connectivity index (χ4v) is 3.65. The fraction of sp³-hybridized carbons (Fsp3) is 0.350. The van der Waals surface area contributed by atoms with Crippen LogP contribution in [0.3, 0.4) is 0 Å². The maximum atomic E-state index is 14.3. The van der Waals surface area contributed by atoms with Gasteiger partial charge in [0.2, 0.25) is 5.91 Å². The molecule has 1 aliphatic heterocycles. The number of nitrogens with one attached hydrogen (secondary N) is 1. The number of hydrogen-bond donors (Lipinski definition) is 2. The standard InChI is InChI=1S/C20H22BrFN2O2/c1-12-4-3-5-14(8-12)18(11-25)23-20(26)13(2)24-9-15-6-7-17(21)19(22)16(15)10-24/h3-8,13,18,25H,9-11H2,1-2H3,(H,23,26)/t13-,18-/m1/s1. The summed E-state index contributed by atoms with van der Waals surface area (Å²) in [4.78, 5) is 14.6. The van der Waals surface area contributed by atoms with Crippen molar-refractivity contribution in [3.05, 3.63) is 68.9 Å². The van der Waals surface area contributed by atoms with Crippen molar-refractivity contribution < 1.29 is 14.3 Å². The van der Waals surface area contributed by atoms with Gasteiger partial charge in [0.25, 0.3) is 0 Å². The molecule has 0 fully saturated rings. The summed E-state index contributed by atoms with van der Waals surface area (Å²) in [6.45, 7) is 4.52. The van der Waals surface area contributed by atoms with Crippen LogP contribution in [-0.2, 0) is 17.9 Å². The molecule has 2 N–H and O–H groups in total. The molecule has 3 rings (SSSR count). The number of hydrogen-bond acceptors (Lipinski definition) is 3. The summed E-state index contributed by atoms with van der Waals surface area (Å²) in [7, 11) is 0. The lowest BCUT2D eigenvalue weighted by atomic mass is 10.0. The first-order chi connectivity index (χ1) is 12.4. The molecule has 0 radical (unpaired) electrons. The van der Waals surface area contributed by atoms with Crippen molar-refractivity contribution in [3.63, 3.8) is 0 Å². The van der Waals surface area contributed by atoms with Crippen molar-refractivity contribution in [2.24, 2.45) is 0 Å². The molecule has 0 spiro atoms.